The Morgan fingerprint density at radius 2 is 1.48 bits per heavy atom. The van der Waals surface area contributed by atoms with Gasteiger partial charge in [-0.3, -0.25) is 34.1 Å². The molecule has 6 heterocycles. The maximum Gasteiger partial charge on any atom is 0.262 e. The number of nitriles is 1. The maximum atomic E-state index is 13.9. The number of nitrogens with one attached hydrogen (secondary N) is 1. The van der Waals surface area contributed by atoms with Crippen LogP contribution in [-0.2, 0) is 16.6 Å². The van der Waals surface area contributed by atoms with Crippen LogP contribution in [0.1, 0.15) is 120 Å². The van der Waals surface area contributed by atoms with Crippen molar-refractivity contribution in [3.63, 3.8) is 0 Å². The number of nitrogens with zero attached hydrogens (tertiary/aromatic N) is 7. The Hall–Kier alpha value is -5.78. The summed E-state index contributed by atoms with van der Waals surface area (Å²) in [4.78, 5) is 60.9. The first-order valence-electron chi connectivity index (χ1n) is 23.3. The quantitative estimate of drug-likeness (QED) is 0.146. The first-order chi connectivity index (χ1) is 31.1. The molecule has 5 aliphatic rings. The van der Waals surface area contributed by atoms with E-state index in [4.69, 9.17) is 14.6 Å². The molecule has 0 saturated carbocycles. The molecule has 1 N–H and O–H groups in total. The molecule has 0 bridgehead atoms. The third-order valence-electron chi connectivity index (χ3n) is 14.6. The molecule has 1 aromatic heterocycles. The van der Waals surface area contributed by atoms with Gasteiger partial charge in [0, 0.05) is 50.7 Å². The molecule has 9 rings (SSSR count). The minimum atomic E-state index is -0.753. The van der Waals surface area contributed by atoms with E-state index in [2.05, 4.69) is 44.3 Å². The molecule has 4 saturated heterocycles. The Kier molecular flexibility index (Phi) is 12.7. The van der Waals surface area contributed by atoms with E-state index in [0.717, 1.165) is 99.7 Å². The molecule has 0 aliphatic carbocycles. The highest BCUT2D eigenvalue weighted by Gasteiger charge is 2.41. The van der Waals surface area contributed by atoms with Crippen LogP contribution in [0.2, 0.25) is 0 Å². The van der Waals surface area contributed by atoms with E-state index in [1.807, 2.05) is 30.8 Å². The fourth-order valence-corrected chi connectivity index (χ4v) is 11.0. The predicted octanol–water partition coefficient (Wildman–Crippen LogP) is 6.56. The summed E-state index contributed by atoms with van der Waals surface area (Å²) in [6.07, 6.45) is 7.76. The molecule has 336 valence electrons. The predicted molar refractivity (Wildman–Crippen MR) is 242 cm³/mol. The second kappa shape index (κ2) is 18.7. The zero-order valence-electron chi connectivity index (χ0n) is 37.4. The van der Waals surface area contributed by atoms with E-state index in [0.29, 0.717) is 59.5 Å². The van der Waals surface area contributed by atoms with Crippen molar-refractivity contribution in [2.45, 2.75) is 82.6 Å². The van der Waals surface area contributed by atoms with Crippen molar-refractivity contribution >= 4 is 40.2 Å². The first kappa shape index (κ1) is 43.5. The smallest absolute Gasteiger partial charge is 0.262 e. The molecule has 4 aromatic rings. The van der Waals surface area contributed by atoms with Gasteiger partial charge in [-0.2, -0.15) is 10.4 Å². The minimum Gasteiger partial charge on any atom is -0.493 e. The van der Waals surface area contributed by atoms with Gasteiger partial charge in [0.05, 0.1) is 60.5 Å². The molecule has 4 fully saturated rings. The van der Waals surface area contributed by atoms with Crippen molar-refractivity contribution in [1.29, 1.82) is 5.26 Å². The highest BCUT2D eigenvalue weighted by molar-refractivity contribution is 6.22. The summed E-state index contributed by atoms with van der Waals surface area (Å²) in [6.45, 7) is 10.9. The monoisotopic (exact) mass is 868 g/mol. The van der Waals surface area contributed by atoms with E-state index >= 15 is 0 Å². The lowest BCUT2D eigenvalue weighted by molar-refractivity contribution is -0.134. The molecule has 0 radical (unpaired) electrons. The third-order valence-corrected chi connectivity index (χ3v) is 14.6. The second-order valence-electron chi connectivity index (χ2n) is 18.5. The van der Waals surface area contributed by atoms with Crippen LogP contribution >= 0.6 is 0 Å². The molecule has 1 unspecified atom stereocenters. The van der Waals surface area contributed by atoms with Gasteiger partial charge < -0.3 is 24.2 Å². The Labute approximate surface area is 375 Å². The van der Waals surface area contributed by atoms with Gasteiger partial charge in [-0.1, -0.05) is 18.2 Å². The number of fused-ring (bicyclic) bond motifs is 2. The van der Waals surface area contributed by atoms with Gasteiger partial charge in [0.25, 0.3) is 11.8 Å². The van der Waals surface area contributed by atoms with Crippen LogP contribution in [0.4, 0.5) is 5.69 Å². The number of hydrogen-bond acceptors (Lipinski definition) is 11. The molecular formula is C50H60N8O6. The summed E-state index contributed by atoms with van der Waals surface area (Å²) in [5.41, 5.74) is 5.54. The number of likely N-dealkylation sites (tertiary alicyclic amines) is 2. The van der Waals surface area contributed by atoms with Gasteiger partial charge in [0.15, 0.2) is 11.5 Å². The molecular weight excluding hydrogens is 809 g/mol. The van der Waals surface area contributed by atoms with Crippen LogP contribution in [0.25, 0.3) is 10.9 Å². The number of amides is 4. The molecule has 4 amide bonds. The fraction of sp³-hybridized carbons (Fsp3) is 0.520. The zero-order valence-corrected chi connectivity index (χ0v) is 37.4. The number of carbonyl (C=O) groups excluding carboxylic acids is 4. The largest absolute Gasteiger partial charge is 0.493 e. The summed E-state index contributed by atoms with van der Waals surface area (Å²) in [7, 11) is 3.50. The second-order valence-corrected chi connectivity index (χ2v) is 18.5. The van der Waals surface area contributed by atoms with Gasteiger partial charge in [-0.05, 0) is 143 Å². The Morgan fingerprint density at radius 3 is 2.16 bits per heavy atom. The lowest BCUT2D eigenvalue weighted by Gasteiger charge is -2.40. The van der Waals surface area contributed by atoms with Crippen LogP contribution in [-0.4, -0.2) is 114 Å². The summed E-state index contributed by atoms with van der Waals surface area (Å²) in [5, 5.41) is 18.0. The van der Waals surface area contributed by atoms with Crippen LogP contribution in [0.3, 0.4) is 0 Å². The number of ether oxygens (including phenoxy) is 2. The van der Waals surface area contributed by atoms with Crippen molar-refractivity contribution < 1.29 is 28.7 Å². The van der Waals surface area contributed by atoms with Gasteiger partial charge >= 0.3 is 0 Å². The van der Waals surface area contributed by atoms with Crippen molar-refractivity contribution in [3.8, 4) is 17.6 Å². The van der Waals surface area contributed by atoms with Crippen molar-refractivity contribution in [2.24, 2.45) is 18.9 Å². The standard InChI is InChI=1S/C50H60N8O6/c1-4-64-45-28-36(6-11-44(45)63-3)42(13-20-51)58-49(61)38-9-7-37(29-41(38)50(58)62)57-25-16-33(17-26-57)31-55-21-14-32(15-22-55)30-56-23-18-34(19-24-56)35-5-8-39-43(27-35)54(2)53-47(39)40-10-12-46(59)52-48(40)60/h5-9,11,27-29,32-34,40,42H,4,10,12-19,21-26,30-31H2,1-3H3,(H,52,59,60)/t40?,42-/m1/s1. The van der Waals surface area contributed by atoms with E-state index in [1.165, 1.54) is 29.8 Å². The number of imide groups is 2. The van der Waals surface area contributed by atoms with Gasteiger partial charge in [0.2, 0.25) is 11.8 Å². The number of piperidine rings is 4. The number of rotatable bonds is 13. The lowest BCUT2D eigenvalue weighted by Crippen LogP contribution is -2.44. The van der Waals surface area contributed by atoms with E-state index < -0.39 is 6.04 Å². The van der Waals surface area contributed by atoms with Gasteiger partial charge in [-0.15, -0.1) is 0 Å². The summed E-state index contributed by atoms with van der Waals surface area (Å²) >= 11 is 0. The SMILES string of the molecule is CCOc1cc([C@@H](CC#N)N2C(=O)c3ccc(N4CCC(CN5CCC(CN6CCC(c7ccc8c(C9CCC(=O)NC9=O)nn(C)c8c7)CC6)CC5)CC4)cc3C2=O)ccc1OC. The van der Waals surface area contributed by atoms with Crippen LogP contribution in [0.15, 0.2) is 54.6 Å². The van der Waals surface area contributed by atoms with E-state index in [9.17, 15) is 24.4 Å². The zero-order chi connectivity index (χ0) is 44.5. The number of hydrogen-bond donors (Lipinski definition) is 1. The number of aromatic nitrogens is 2. The average Bonchev–Trinajstić information content (AvgIpc) is 3.77. The van der Waals surface area contributed by atoms with Crippen molar-refractivity contribution in [1.82, 2.24) is 29.8 Å². The first-order valence-corrected chi connectivity index (χ1v) is 23.3. The minimum absolute atomic E-state index is 0.0349. The Morgan fingerprint density at radius 1 is 0.797 bits per heavy atom. The van der Waals surface area contributed by atoms with Gasteiger partial charge in [-0.25, -0.2) is 0 Å². The maximum absolute atomic E-state index is 13.9. The molecule has 0 spiro atoms. The van der Waals surface area contributed by atoms with Crippen molar-refractivity contribution in [2.75, 3.05) is 71.0 Å². The average molecular weight is 869 g/mol. The summed E-state index contributed by atoms with van der Waals surface area (Å²) in [6, 6.07) is 18.9. The number of anilines is 1. The number of benzene rings is 3. The molecule has 64 heavy (non-hydrogen) atoms. The normalized spacial score (nSPS) is 21.3. The number of carbonyl (C=O) groups is 4. The molecule has 14 nitrogen and oxygen atoms in total. The van der Waals surface area contributed by atoms with Crippen LogP contribution in [0.5, 0.6) is 11.5 Å². The highest BCUT2D eigenvalue weighted by atomic mass is 16.5. The molecule has 14 heteroatoms. The topological polar surface area (TPSA) is 153 Å². The Bertz CT molecular complexity index is 2450. The Balaban J connectivity index is 0.726. The van der Waals surface area contributed by atoms with E-state index in [1.54, 1.807) is 31.4 Å². The van der Waals surface area contributed by atoms with Gasteiger partial charge in [0.1, 0.15) is 0 Å². The lowest BCUT2D eigenvalue weighted by atomic mass is 9.87. The molecule has 3 aromatic carbocycles. The molecule has 5 aliphatic heterocycles. The summed E-state index contributed by atoms with van der Waals surface area (Å²) < 4.78 is 13.1. The van der Waals surface area contributed by atoms with Crippen molar-refractivity contribution in [3.05, 3.63) is 82.5 Å². The number of aryl methyl sites for hydroxylation is 1. The van der Waals surface area contributed by atoms with E-state index in [-0.39, 0.29) is 36.0 Å². The van der Waals surface area contributed by atoms with Crippen LogP contribution < -0.4 is 19.7 Å². The third kappa shape index (κ3) is 8.72. The van der Waals surface area contributed by atoms with Crippen LogP contribution in [0, 0.1) is 23.2 Å². The fourth-order valence-electron chi connectivity index (χ4n) is 11.0. The number of methoxy groups -OCH3 is 1. The summed E-state index contributed by atoms with van der Waals surface area (Å²) in [5.74, 6) is 1.33. The molecule has 2 atom stereocenters. The highest BCUT2D eigenvalue weighted by Crippen LogP contribution is 2.40.